The molecular formula is C15H17ClN4O2S2. The number of nitrogens with one attached hydrogen (secondary N) is 1. The molecule has 0 aliphatic carbocycles. The molecule has 0 bridgehead atoms. The lowest BCUT2D eigenvalue weighted by Gasteiger charge is -2.07. The zero-order valence-corrected chi connectivity index (χ0v) is 15.3. The molecule has 9 heteroatoms. The lowest BCUT2D eigenvalue weighted by Crippen LogP contribution is -2.26. The summed E-state index contributed by atoms with van der Waals surface area (Å²) in [5.74, 6) is 1.31. The number of anilines is 1. The second-order valence-electron chi connectivity index (χ2n) is 5.16. The molecule has 128 valence electrons. The average Bonchev–Trinajstić information content (AvgIpc) is 3.19. The minimum Gasteiger partial charge on any atom is -0.493 e. The predicted octanol–water partition coefficient (Wildman–Crippen LogP) is 2.89. The highest BCUT2D eigenvalue weighted by molar-refractivity contribution is 7.20. The third-order valence-electron chi connectivity index (χ3n) is 3.43. The largest absolute Gasteiger partial charge is 0.493 e. The van der Waals surface area contributed by atoms with Crippen molar-refractivity contribution < 1.29 is 9.84 Å². The van der Waals surface area contributed by atoms with Gasteiger partial charge in [0.1, 0.15) is 11.3 Å². The van der Waals surface area contributed by atoms with Crippen molar-refractivity contribution in [2.45, 2.75) is 19.0 Å². The number of nitrogens with zero attached hydrogens (tertiary/aromatic N) is 2. The summed E-state index contributed by atoms with van der Waals surface area (Å²) >= 11 is 9.26. The lowest BCUT2D eigenvalue weighted by atomic mass is 10.2. The van der Waals surface area contributed by atoms with Gasteiger partial charge in [0.25, 0.3) is 0 Å². The van der Waals surface area contributed by atoms with Crippen LogP contribution in [-0.2, 0) is 13.0 Å². The number of thiophene rings is 2. The van der Waals surface area contributed by atoms with E-state index in [9.17, 15) is 5.11 Å². The topological polar surface area (TPSA) is 93.3 Å². The van der Waals surface area contributed by atoms with Crippen molar-refractivity contribution in [3.63, 3.8) is 0 Å². The summed E-state index contributed by atoms with van der Waals surface area (Å²) in [6.07, 6.45) is 0.503. The highest BCUT2D eigenvalue weighted by atomic mass is 35.5. The standard InChI is InChI=1S/C15H17ClN4O2S2/c1-22-12-10(5-8(17)7-21)24-13-11(12)19-15(16)20-14(13)18-6-9-3-2-4-23-9/h2-4,8,21H,5-7,17H2,1H3,(H,18,19,20)/t8-/m1/s1. The molecule has 0 radical (unpaired) electrons. The number of nitrogens with two attached hydrogens (primary N) is 1. The van der Waals surface area contributed by atoms with E-state index in [0.29, 0.717) is 30.0 Å². The molecular weight excluding hydrogens is 368 g/mol. The SMILES string of the molecule is COc1c(C[C@@H](N)CO)sc2c(NCc3cccs3)nc(Cl)nc12. The van der Waals surface area contributed by atoms with Crippen LogP contribution in [0.15, 0.2) is 17.5 Å². The molecule has 24 heavy (non-hydrogen) atoms. The molecule has 0 spiro atoms. The number of fused-ring (bicyclic) bond motifs is 1. The van der Waals surface area contributed by atoms with Crippen LogP contribution in [0.25, 0.3) is 10.2 Å². The fraction of sp³-hybridized carbons (Fsp3) is 0.333. The Bertz CT molecular complexity index is 823. The summed E-state index contributed by atoms with van der Waals surface area (Å²) in [6.45, 7) is 0.569. The van der Waals surface area contributed by atoms with Crippen molar-refractivity contribution in [1.29, 1.82) is 0 Å². The Morgan fingerprint density at radius 1 is 1.46 bits per heavy atom. The molecule has 0 saturated carbocycles. The van der Waals surface area contributed by atoms with Crippen LogP contribution in [0, 0.1) is 0 Å². The first-order valence-electron chi connectivity index (χ1n) is 7.28. The van der Waals surface area contributed by atoms with Gasteiger partial charge in [0.15, 0.2) is 5.75 Å². The van der Waals surface area contributed by atoms with Crippen LogP contribution in [0.4, 0.5) is 5.82 Å². The van der Waals surface area contributed by atoms with Gasteiger partial charge in [-0.15, -0.1) is 22.7 Å². The Kier molecular flexibility index (Phi) is 5.52. The van der Waals surface area contributed by atoms with E-state index in [4.69, 9.17) is 22.1 Å². The summed E-state index contributed by atoms with van der Waals surface area (Å²) in [6, 6.07) is 3.71. The summed E-state index contributed by atoms with van der Waals surface area (Å²) in [5, 5.41) is 14.7. The minimum atomic E-state index is -0.349. The van der Waals surface area contributed by atoms with E-state index in [1.807, 2.05) is 11.4 Å². The number of hydrogen-bond acceptors (Lipinski definition) is 8. The van der Waals surface area contributed by atoms with Crippen LogP contribution in [0.2, 0.25) is 5.28 Å². The highest BCUT2D eigenvalue weighted by Crippen LogP contribution is 2.40. The van der Waals surface area contributed by atoms with Gasteiger partial charge >= 0.3 is 0 Å². The normalized spacial score (nSPS) is 12.5. The first kappa shape index (κ1) is 17.4. The van der Waals surface area contributed by atoms with E-state index in [1.165, 1.54) is 16.2 Å². The van der Waals surface area contributed by atoms with E-state index in [-0.39, 0.29) is 17.9 Å². The van der Waals surface area contributed by atoms with Gasteiger partial charge in [-0.25, -0.2) is 4.98 Å². The van der Waals surface area contributed by atoms with E-state index in [2.05, 4.69) is 21.4 Å². The fourth-order valence-electron chi connectivity index (χ4n) is 2.33. The fourth-order valence-corrected chi connectivity index (χ4v) is 4.41. The predicted molar refractivity (Wildman–Crippen MR) is 99.4 cm³/mol. The van der Waals surface area contributed by atoms with Gasteiger partial charge in [-0.3, -0.25) is 0 Å². The van der Waals surface area contributed by atoms with E-state index < -0.39 is 0 Å². The third kappa shape index (κ3) is 3.62. The van der Waals surface area contributed by atoms with Crippen molar-refractivity contribution in [3.8, 4) is 5.75 Å². The lowest BCUT2D eigenvalue weighted by molar-refractivity contribution is 0.265. The second kappa shape index (κ2) is 7.62. The molecule has 0 amide bonds. The maximum atomic E-state index is 9.20. The van der Waals surface area contributed by atoms with Crippen molar-refractivity contribution >= 4 is 50.3 Å². The number of halogens is 1. The zero-order valence-electron chi connectivity index (χ0n) is 13.0. The number of aliphatic hydroxyl groups excluding tert-OH is 1. The van der Waals surface area contributed by atoms with Gasteiger partial charge < -0.3 is 20.9 Å². The Balaban J connectivity index is 1.99. The first-order chi connectivity index (χ1) is 11.6. The Hall–Kier alpha value is -1.45. The van der Waals surface area contributed by atoms with Gasteiger partial charge in [0.2, 0.25) is 5.28 Å². The van der Waals surface area contributed by atoms with Gasteiger partial charge in [-0.2, -0.15) is 4.98 Å². The smallest absolute Gasteiger partial charge is 0.225 e. The van der Waals surface area contributed by atoms with Gasteiger partial charge in [-0.05, 0) is 23.0 Å². The minimum absolute atomic E-state index is 0.0900. The summed E-state index contributed by atoms with van der Waals surface area (Å²) in [7, 11) is 1.59. The van der Waals surface area contributed by atoms with Crippen molar-refractivity contribution in [1.82, 2.24) is 9.97 Å². The highest BCUT2D eigenvalue weighted by Gasteiger charge is 2.20. The Labute approximate surface area is 152 Å². The molecule has 4 N–H and O–H groups in total. The molecule has 0 aliphatic rings. The van der Waals surface area contributed by atoms with Crippen LogP contribution in [0.1, 0.15) is 9.75 Å². The third-order valence-corrected chi connectivity index (χ3v) is 5.66. The number of aromatic nitrogens is 2. The molecule has 3 rings (SSSR count). The van der Waals surface area contributed by atoms with Crippen LogP contribution in [-0.4, -0.2) is 34.8 Å². The number of methoxy groups -OCH3 is 1. The van der Waals surface area contributed by atoms with Crippen molar-refractivity contribution in [3.05, 3.63) is 32.6 Å². The van der Waals surface area contributed by atoms with E-state index >= 15 is 0 Å². The van der Waals surface area contributed by atoms with Crippen LogP contribution >= 0.6 is 34.3 Å². The van der Waals surface area contributed by atoms with Crippen molar-refractivity contribution in [2.75, 3.05) is 19.0 Å². The maximum Gasteiger partial charge on any atom is 0.225 e. The molecule has 0 fully saturated rings. The number of ether oxygens (including phenoxy) is 1. The van der Waals surface area contributed by atoms with Crippen molar-refractivity contribution in [2.24, 2.45) is 5.73 Å². The Morgan fingerprint density at radius 3 is 2.96 bits per heavy atom. The zero-order chi connectivity index (χ0) is 17.1. The first-order valence-corrected chi connectivity index (χ1v) is 9.35. The molecule has 3 aromatic heterocycles. The number of rotatable bonds is 7. The molecule has 0 unspecified atom stereocenters. The monoisotopic (exact) mass is 384 g/mol. The molecule has 1 atom stereocenters. The summed E-state index contributed by atoms with van der Waals surface area (Å²) in [5.41, 5.74) is 6.53. The quantitative estimate of drug-likeness (QED) is 0.542. The maximum absolute atomic E-state index is 9.20. The molecule has 3 aromatic rings. The van der Waals surface area contributed by atoms with E-state index in [0.717, 1.165) is 9.58 Å². The van der Waals surface area contributed by atoms with Crippen LogP contribution in [0.5, 0.6) is 5.75 Å². The van der Waals surface area contributed by atoms with Crippen LogP contribution in [0.3, 0.4) is 0 Å². The number of hydrogen-bond donors (Lipinski definition) is 3. The van der Waals surface area contributed by atoms with Gasteiger partial charge in [0.05, 0.1) is 29.8 Å². The molecule has 0 aliphatic heterocycles. The summed E-state index contributed by atoms with van der Waals surface area (Å²) < 4.78 is 6.37. The molecule has 0 aromatic carbocycles. The average molecular weight is 385 g/mol. The van der Waals surface area contributed by atoms with Gasteiger partial charge in [0, 0.05) is 17.3 Å². The van der Waals surface area contributed by atoms with E-state index in [1.54, 1.807) is 18.4 Å². The molecule has 3 heterocycles. The summed E-state index contributed by atoms with van der Waals surface area (Å²) in [4.78, 5) is 10.7. The molecule has 6 nitrogen and oxygen atoms in total. The Morgan fingerprint density at radius 2 is 2.29 bits per heavy atom. The number of aliphatic hydroxyl groups is 1. The second-order valence-corrected chi connectivity index (χ2v) is 7.63. The molecule has 0 saturated heterocycles. The van der Waals surface area contributed by atoms with Crippen LogP contribution < -0.4 is 15.8 Å². The van der Waals surface area contributed by atoms with Gasteiger partial charge in [-0.1, -0.05) is 6.07 Å².